The quantitative estimate of drug-likeness (QED) is 0.534. The van der Waals surface area contributed by atoms with Crippen LogP contribution in [0.2, 0.25) is 0 Å². The van der Waals surface area contributed by atoms with Crippen LogP contribution >= 0.6 is 0 Å². The fourth-order valence-corrected chi connectivity index (χ4v) is 3.47. The minimum Gasteiger partial charge on any atom is -0.317 e. The summed E-state index contributed by atoms with van der Waals surface area (Å²) in [5, 5.41) is 2.60. The normalized spacial score (nSPS) is 15.3. The number of benzene rings is 2. The molecule has 2 heterocycles. The first-order chi connectivity index (χ1) is 13.9. The Hall–Kier alpha value is -3.67. The minimum absolute atomic E-state index is 0.118. The van der Waals surface area contributed by atoms with E-state index in [9.17, 15) is 14.0 Å². The molecule has 4 rings (SSSR count). The Labute approximate surface area is 168 Å². The molecule has 6 heteroatoms. The predicted molar refractivity (Wildman–Crippen MR) is 109 cm³/mol. The lowest BCUT2D eigenvalue weighted by atomic mass is 10.1. The zero-order valence-electron chi connectivity index (χ0n) is 16.1. The molecule has 1 fully saturated rings. The summed E-state index contributed by atoms with van der Waals surface area (Å²) in [6, 6.07) is 15.4. The van der Waals surface area contributed by atoms with Crippen molar-refractivity contribution in [1.29, 1.82) is 0 Å². The van der Waals surface area contributed by atoms with Crippen molar-refractivity contribution in [2.45, 2.75) is 20.4 Å². The number of nitrogens with zero attached hydrogens (tertiary/aromatic N) is 2. The molecule has 0 aliphatic carbocycles. The second-order valence-corrected chi connectivity index (χ2v) is 7.06. The molecule has 0 atom stereocenters. The Kier molecular flexibility index (Phi) is 4.76. The standard InChI is InChI=1S/C23H20FN3O2/c1-15-9-10-21(16(2)12-15)26-11-5-7-18(26)13-20-22(28)27(23(29)25-20)14-17-6-3-4-8-19(17)24/h3-13H,14H2,1-2H3,(H,25,29)/b20-13+. The zero-order chi connectivity index (χ0) is 20.5. The highest BCUT2D eigenvalue weighted by Crippen LogP contribution is 2.22. The monoisotopic (exact) mass is 389 g/mol. The van der Waals surface area contributed by atoms with Gasteiger partial charge in [-0.15, -0.1) is 0 Å². The van der Waals surface area contributed by atoms with Gasteiger partial charge in [0.25, 0.3) is 5.91 Å². The van der Waals surface area contributed by atoms with E-state index < -0.39 is 17.8 Å². The molecule has 0 saturated carbocycles. The minimum atomic E-state index is -0.561. The third kappa shape index (κ3) is 3.57. The molecule has 0 spiro atoms. The molecule has 0 radical (unpaired) electrons. The highest BCUT2D eigenvalue weighted by atomic mass is 19.1. The largest absolute Gasteiger partial charge is 0.329 e. The van der Waals surface area contributed by atoms with E-state index in [4.69, 9.17) is 0 Å². The summed E-state index contributed by atoms with van der Waals surface area (Å²) in [5.41, 5.74) is 4.47. The van der Waals surface area contributed by atoms with Gasteiger partial charge in [-0.2, -0.15) is 0 Å². The van der Waals surface area contributed by atoms with Gasteiger partial charge in [0.1, 0.15) is 11.5 Å². The SMILES string of the molecule is Cc1ccc(-n2cccc2/C=C2/NC(=O)N(Cc3ccccc3F)C2=O)c(C)c1. The molecule has 1 saturated heterocycles. The highest BCUT2D eigenvalue weighted by Gasteiger charge is 2.34. The Morgan fingerprint density at radius 1 is 1.03 bits per heavy atom. The van der Waals surface area contributed by atoms with Crippen molar-refractivity contribution in [2.24, 2.45) is 0 Å². The Morgan fingerprint density at radius 2 is 1.83 bits per heavy atom. The van der Waals surface area contributed by atoms with Crippen LogP contribution in [0.4, 0.5) is 9.18 Å². The topological polar surface area (TPSA) is 54.3 Å². The van der Waals surface area contributed by atoms with E-state index in [0.29, 0.717) is 0 Å². The molecule has 1 aliphatic rings. The van der Waals surface area contributed by atoms with E-state index in [2.05, 4.69) is 11.4 Å². The number of carbonyl (C=O) groups is 2. The van der Waals surface area contributed by atoms with Gasteiger partial charge in [-0.25, -0.2) is 9.18 Å². The van der Waals surface area contributed by atoms with Crippen LogP contribution in [-0.4, -0.2) is 21.4 Å². The lowest BCUT2D eigenvalue weighted by Gasteiger charge is -2.12. The number of imide groups is 1. The first-order valence-electron chi connectivity index (χ1n) is 9.27. The molecule has 0 bridgehead atoms. The first-order valence-corrected chi connectivity index (χ1v) is 9.27. The fourth-order valence-electron chi connectivity index (χ4n) is 3.47. The molecule has 146 valence electrons. The molecule has 3 aromatic rings. The molecule has 2 aromatic carbocycles. The molecule has 3 amide bonds. The fraction of sp³-hybridized carbons (Fsp3) is 0.130. The number of aromatic nitrogens is 1. The summed E-state index contributed by atoms with van der Waals surface area (Å²) in [4.78, 5) is 26.1. The average Bonchev–Trinajstić information content (AvgIpc) is 3.23. The Morgan fingerprint density at radius 3 is 2.59 bits per heavy atom. The van der Waals surface area contributed by atoms with Crippen LogP contribution in [-0.2, 0) is 11.3 Å². The van der Waals surface area contributed by atoms with Crippen LogP contribution in [0, 0.1) is 19.7 Å². The number of rotatable bonds is 4. The van der Waals surface area contributed by atoms with E-state index in [1.807, 2.05) is 48.9 Å². The number of urea groups is 1. The maximum atomic E-state index is 13.9. The molecule has 0 unspecified atom stereocenters. The van der Waals surface area contributed by atoms with Gasteiger partial charge in [-0.05, 0) is 49.8 Å². The summed E-state index contributed by atoms with van der Waals surface area (Å²) in [7, 11) is 0. The summed E-state index contributed by atoms with van der Waals surface area (Å²) in [6.07, 6.45) is 3.54. The second-order valence-electron chi connectivity index (χ2n) is 7.06. The summed E-state index contributed by atoms with van der Waals surface area (Å²) < 4.78 is 15.9. The second kappa shape index (κ2) is 7.39. The third-order valence-electron chi connectivity index (χ3n) is 4.93. The highest BCUT2D eigenvalue weighted by molar-refractivity contribution is 6.13. The van der Waals surface area contributed by atoms with E-state index >= 15 is 0 Å². The summed E-state index contributed by atoms with van der Waals surface area (Å²) >= 11 is 0. The van der Waals surface area contributed by atoms with Crippen molar-refractivity contribution in [3.05, 3.63) is 94.7 Å². The molecule has 1 N–H and O–H groups in total. The Balaban J connectivity index is 1.63. The molecule has 5 nitrogen and oxygen atoms in total. The number of nitrogens with one attached hydrogen (secondary N) is 1. The van der Waals surface area contributed by atoms with Gasteiger partial charge in [0.2, 0.25) is 0 Å². The van der Waals surface area contributed by atoms with Crippen LogP contribution in [0.15, 0.2) is 66.5 Å². The van der Waals surface area contributed by atoms with Crippen LogP contribution in [0.25, 0.3) is 11.8 Å². The lowest BCUT2D eigenvalue weighted by molar-refractivity contribution is -0.123. The number of hydrogen-bond acceptors (Lipinski definition) is 2. The van der Waals surface area contributed by atoms with Crippen molar-refractivity contribution >= 4 is 18.0 Å². The molecule has 29 heavy (non-hydrogen) atoms. The summed E-state index contributed by atoms with van der Waals surface area (Å²) in [6.45, 7) is 3.94. The third-order valence-corrected chi connectivity index (χ3v) is 4.93. The number of carbonyl (C=O) groups excluding carboxylic acids is 2. The van der Waals surface area contributed by atoms with E-state index in [1.165, 1.54) is 11.6 Å². The molecular weight excluding hydrogens is 369 g/mol. The predicted octanol–water partition coefficient (Wildman–Crippen LogP) is 4.33. The van der Waals surface area contributed by atoms with Gasteiger partial charge in [0.05, 0.1) is 6.54 Å². The van der Waals surface area contributed by atoms with Gasteiger partial charge in [-0.1, -0.05) is 35.9 Å². The maximum Gasteiger partial charge on any atom is 0.329 e. The van der Waals surface area contributed by atoms with Gasteiger partial charge < -0.3 is 9.88 Å². The molecule has 1 aromatic heterocycles. The smallest absolute Gasteiger partial charge is 0.317 e. The number of aryl methyl sites for hydroxylation is 2. The number of hydrogen-bond donors (Lipinski definition) is 1. The van der Waals surface area contributed by atoms with Gasteiger partial charge >= 0.3 is 6.03 Å². The van der Waals surface area contributed by atoms with E-state index in [0.717, 1.165) is 21.8 Å². The van der Waals surface area contributed by atoms with Crippen LogP contribution in [0.1, 0.15) is 22.4 Å². The number of amides is 3. The van der Waals surface area contributed by atoms with Gasteiger partial charge in [0.15, 0.2) is 0 Å². The molecular formula is C23H20FN3O2. The first kappa shape index (κ1) is 18.7. The maximum absolute atomic E-state index is 13.9. The van der Waals surface area contributed by atoms with Crippen molar-refractivity contribution in [1.82, 2.24) is 14.8 Å². The van der Waals surface area contributed by atoms with Crippen LogP contribution in [0.5, 0.6) is 0 Å². The Bertz CT molecular complexity index is 1150. The zero-order valence-corrected chi connectivity index (χ0v) is 16.1. The van der Waals surface area contributed by atoms with Gasteiger partial charge in [-0.3, -0.25) is 9.69 Å². The average molecular weight is 389 g/mol. The lowest BCUT2D eigenvalue weighted by Crippen LogP contribution is -2.30. The van der Waals surface area contributed by atoms with Crippen LogP contribution < -0.4 is 5.32 Å². The van der Waals surface area contributed by atoms with Crippen molar-refractivity contribution < 1.29 is 14.0 Å². The van der Waals surface area contributed by atoms with Crippen molar-refractivity contribution in [3.63, 3.8) is 0 Å². The van der Waals surface area contributed by atoms with Crippen molar-refractivity contribution in [2.75, 3.05) is 0 Å². The number of halogens is 1. The van der Waals surface area contributed by atoms with Crippen LogP contribution in [0.3, 0.4) is 0 Å². The summed E-state index contributed by atoms with van der Waals surface area (Å²) in [5.74, 6) is -0.930. The van der Waals surface area contributed by atoms with E-state index in [1.54, 1.807) is 24.3 Å². The van der Waals surface area contributed by atoms with Crippen molar-refractivity contribution in [3.8, 4) is 5.69 Å². The molecule has 1 aliphatic heterocycles. The van der Waals surface area contributed by atoms with E-state index in [-0.39, 0.29) is 17.8 Å². The van der Waals surface area contributed by atoms with Gasteiger partial charge in [0, 0.05) is 23.1 Å².